The highest BCUT2D eigenvalue weighted by Crippen LogP contribution is 2.20. The molecule has 0 unspecified atom stereocenters. The summed E-state index contributed by atoms with van der Waals surface area (Å²) in [5, 5.41) is 4.37. The summed E-state index contributed by atoms with van der Waals surface area (Å²) in [7, 11) is 0. The first kappa shape index (κ1) is 13.6. The van der Waals surface area contributed by atoms with E-state index in [4.69, 9.17) is 0 Å². The standard InChI is InChI=1S/C20H16S/c1-3-7-17(8-4-1)11-13-19-15-21-16-20(19)14-12-18-9-5-2-6-10-18/h1-16H/b13-11+,14-12+. The molecule has 0 nitrogen and oxygen atoms in total. The zero-order valence-corrected chi connectivity index (χ0v) is 12.5. The van der Waals surface area contributed by atoms with Crippen LogP contribution >= 0.6 is 11.3 Å². The van der Waals surface area contributed by atoms with E-state index >= 15 is 0 Å². The molecular weight excluding hydrogens is 272 g/mol. The lowest BCUT2D eigenvalue weighted by Gasteiger charge is -1.95. The maximum absolute atomic E-state index is 2.18. The lowest BCUT2D eigenvalue weighted by atomic mass is 10.1. The van der Waals surface area contributed by atoms with Crippen molar-refractivity contribution in [3.8, 4) is 0 Å². The van der Waals surface area contributed by atoms with Crippen LogP contribution < -0.4 is 0 Å². The van der Waals surface area contributed by atoms with Crippen LogP contribution in [0.1, 0.15) is 22.3 Å². The average Bonchev–Trinajstić information content (AvgIpc) is 3.00. The van der Waals surface area contributed by atoms with Crippen molar-refractivity contribution in [2.75, 3.05) is 0 Å². The Morgan fingerprint density at radius 1 is 0.524 bits per heavy atom. The van der Waals surface area contributed by atoms with Gasteiger partial charge in [0.1, 0.15) is 0 Å². The highest BCUT2D eigenvalue weighted by atomic mass is 32.1. The van der Waals surface area contributed by atoms with Gasteiger partial charge in [-0.2, -0.15) is 11.3 Å². The van der Waals surface area contributed by atoms with Gasteiger partial charge in [0.05, 0.1) is 0 Å². The Balaban J connectivity index is 1.78. The summed E-state index contributed by atoms with van der Waals surface area (Å²) in [5.41, 5.74) is 4.97. The van der Waals surface area contributed by atoms with Gasteiger partial charge >= 0.3 is 0 Å². The van der Waals surface area contributed by atoms with Crippen LogP contribution in [0.3, 0.4) is 0 Å². The Kier molecular flexibility index (Phi) is 4.45. The van der Waals surface area contributed by atoms with Gasteiger partial charge in [0.15, 0.2) is 0 Å². The van der Waals surface area contributed by atoms with Crippen LogP contribution in [-0.4, -0.2) is 0 Å². The predicted octanol–water partition coefficient (Wildman–Crippen LogP) is 6.09. The van der Waals surface area contributed by atoms with E-state index in [2.05, 4.69) is 83.6 Å². The quantitative estimate of drug-likeness (QED) is 0.545. The second-order valence-electron chi connectivity index (χ2n) is 4.77. The second-order valence-corrected chi connectivity index (χ2v) is 5.51. The van der Waals surface area contributed by atoms with Gasteiger partial charge in [0, 0.05) is 0 Å². The number of benzene rings is 2. The first-order valence-corrected chi connectivity index (χ1v) is 7.88. The third-order valence-corrected chi connectivity index (χ3v) is 4.01. The first-order chi connectivity index (χ1) is 10.4. The van der Waals surface area contributed by atoms with E-state index in [9.17, 15) is 0 Å². The molecule has 0 aliphatic rings. The van der Waals surface area contributed by atoms with Crippen LogP contribution in [0, 0.1) is 0 Å². The summed E-state index contributed by atoms with van der Waals surface area (Å²) in [5.74, 6) is 0. The Morgan fingerprint density at radius 2 is 0.952 bits per heavy atom. The lowest BCUT2D eigenvalue weighted by Crippen LogP contribution is -1.74. The normalized spacial score (nSPS) is 11.4. The van der Waals surface area contributed by atoms with E-state index in [-0.39, 0.29) is 0 Å². The molecule has 3 aromatic rings. The molecular formula is C20H16S. The number of rotatable bonds is 4. The van der Waals surface area contributed by atoms with E-state index < -0.39 is 0 Å². The molecule has 21 heavy (non-hydrogen) atoms. The van der Waals surface area contributed by atoms with Gasteiger partial charge in [0.25, 0.3) is 0 Å². The van der Waals surface area contributed by atoms with Gasteiger partial charge < -0.3 is 0 Å². The van der Waals surface area contributed by atoms with Crippen LogP contribution in [0.2, 0.25) is 0 Å². The van der Waals surface area contributed by atoms with Gasteiger partial charge in [-0.25, -0.2) is 0 Å². The topological polar surface area (TPSA) is 0 Å². The van der Waals surface area contributed by atoms with E-state index in [1.807, 2.05) is 12.1 Å². The van der Waals surface area contributed by atoms with Crippen LogP contribution in [-0.2, 0) is 0 Å². The molecule has 0 saturated carbocycles. The second kappa shape index (κ2) is 6.87. The zero-order chi connectivity index (χ0) is 14.3. The molecule has 0 bridgehead atoms. The van der Waals surface area contributed by atoms with Crippen LogP contribution in [0.5, 0.6) is 0 Å². The molecule has 3 rings (SSSR count). The Hall–Kier alpha value is -2.38. The summed E-state index contributed by atoms with van der Waals surface area (Å²) in [6, 6.07) is 20.8. The average molecular weight is 288 g/mol. The fourth-order valence-electron chi connectivity index (χ4n) is 2.09. The molecule has 2 aromatic carbocycles. The SMILES string of the molecule is C(=C\c1cscc1/C=C/c1ccccc1)/c1ccccc1. The minimum absolute atomic E-state index is 1.22. The maximum Gasteiger partial charge on any atom is -0.00145 e. The van der Waals surface area contributed by atoms with E-state index in [0.717, 1.165) is 0 Å². The van der Waals surface area contributed by atoms with Crippen molar-refractivity contribution in [3.05, 3.63) is 93.7 Å². The van der Waals surface area contributed by atoms with Crippen molar-refractivity contribution in [3.63, 3.8) is 0 Å². The smallest absolute Gasteiger partial charge is 0.00145 e. The molecule has 0 amide bonds. The molecule has 0 radical (unpaired) electrons. The molecule has 1 aromatic heterocycles. The molecule has 1 heterocycles. The van der Waals surface area contributed by atoms with E-state index in [0.29, 0.717) is 0 Å². The Bertz CT molecular complexity index is 670. The maximum atomic E-state index is 2.18. The molecule has 0 aliphatic carbocycles. The third kappa shape index (κ3) is 3.80. The van der Waals surface area contributed by atoms with Gasteiger partial charge in [-0.05, 0) is 33.0 Å². The van der Waals surface area contributed by atoms with Crippen LogP contribution in [0.15, 0.2) is 71.4 Å². The number of hydrogen-bond acceptors (Lipinski definition) is 1. The summed E-state index contributed by atoms with van der Waals surface area (Å²) in [6.45, 7) is 0. The van der Waals surface area contributed by atoms with Gasteiger partial charge in [-0.3, -0.25) is 0 Å². The zero-order valence-electron chi connectivity index (χ0n) is 11.6. The minimum atomic E-state index is 1.22. The molecule has 0 spiro atoms. The third-order valence-electron chi connectivity index (χ3n) is 3.23. The van der Waals surface area contributed by atoms with Crippen molar-refractivity contribution in [1.82, 2.24) is 0 Å². The number of thiophene rings is 1. The minimum Gasteiger partial charge on any atom is -0.151 e. The fraction of sp³-hybridized carbons (Fsp3) is 0. The number of hydrogen-bond donors (Lipinski definition) is 0. The predicted molar refractivity (Wildman–Crippen MR) is 95.1 cm³/mol. The summed E-state index contributed by atoms with van der Waals surface area (Å²) in [4.78, 5) is 0. The Morgan fingerprint density at radius 3 is 1.38 bits per heavy atom. The Labute approximate surface area is 129 Å². The summed E-state index contributed by atoms with van der Waals surface area (Å²) < 4.78 is 0. The van der Waals surface area contributed by atoms with Crippen LogP contribution in [0.25, 0.3) is 24.3 Å². The molecule has 0 aliphatic heterocycles. The van der Waals surface area contributed by atoms with Gasteiger partial charge in [-0.15, -0.1) is 0 Å². The van der Waals surface area contributed by atoms with Gasteiger partial charge in [0.2, 0.25) is 0 Å². The molecule has 0 fully saturated rings. The highest BCUT2D eigenvalue weighted by Gasteiger charge is 1.97. The highest BCUT2D eigenvalue weighted by molar-refractivity contribution is 7.08. The van der Waals surface area contributed by atoms with Crippen molar-refractivity contribution < 1.29 is 0 Å². The van der Waals surface area contributed by atoms with Crippen molar-refractivity contribution in [1.29, 1.82) is 0 Å². The monoisotopic (exact) mass is 288 g/mol. The fourth-order valence-corrected chi connectivity index (χ4v) is 2.88. The molecule has 0 N–H and O–H groups in total. The molecule has 102 valence electrons. The van der Waals surface area contributed by atoms with Crippen molar-refractivity contribution in [2.45, 2.75) is 0 Å². The molecule has 1 heteroatoms. The molecule has 0 saturated heterocycles. The molecule has 0 atom stereocenters. The van der Waals surface area contributed by atoms with Crippen LogP contribution in [0.4, 0.5) is 0 Å². The van der Waals surface area contributed by atoms with Crippen molar-refractivity contribution in [2.24, 2.45) is 0 Å². The largest absolute Gasteiger partial charge is 0.151 e. The first-order valence-electron chi connectivity index (χ1n) is 6.94. The summed E-state index contributed by atoms with van der Waals surface area (Å²) >= 11 is 1.73. The lowest BCUT2D eigenvalue weighted by molar-refractivity contribution is 1.66. The van der Waals surface area contributed by atoms with E-state index in [1.165, 1.54) is 22.3 Å². The van der Waals surface area contributed by atoms with Crippen molar-refractivity contribution >= 4 is 35.6 Å². The van der Waals surface area contributed by atoms with E-state index in [1.54, 1.807) is 11.3 Å². The van der Waals surface area contributed by atoms with Gasteiger partial charge in [-0.1, -0.05) is 85.0 Å². The summed E-state index contributed by atoms with van der Waals surface area (Å²) in [6.07, 6.45) is 8.66.